The Balaban J connectivity index is 1.42. The van der Waals surface area contributed by atoms with Crippen LogP contribution < -0.4 is 4.74 Å². The zero-order chi connectivity index (χ0) is 20.8. The number of nitrogens with zero attached hydrogens (tertiary/aromatic N) is 2. The van der Waals surface area contributed by atoms with E-state index in [9.17, 15) is 14.0 Å². The van der Waals surface area contributed by atoms with Gasteiger partial charge in [-0.15, -0.1) is 0 Å². The van der Waals surface area contributed by atoms with E-state index in [-0.39, 0.29) is 30.7 Å². The van der Waals surface area contributed by atoms with Crippen molar-refractivity contribution < 1.29 is 18.7 Å². The van der Waals surface area contributed by atoms with E-state index < -0.39 is 0 Å². The molecule has 154 valence electrons. The number of ether oxygens (including phenoxy) is 1. The van der Waals surface area contributed by atoms with Crippen molar-refractivity contribution in [3.8, 4) is 5.75 Å². The topological polar surface area (TPSA) is 49.9 Å². The lowest BCUT2D eigenvalue weighted by molar-refractivity contribution is -0.140. The van der Waals surface area contributed by atoms with Gasteiger partial charge in [0.25, 0.3) is 5.91 Å². The third-order valence-corrected chi connectivity index (χ3v) is 5.39. The predicted octanol–water partition coefficient (Wildman–Crippen LogP) is 3.12. The molecule has 0 atom stereocenters. The van der Waals surface area contributed by atoms with Gasteiger partial charge in [0.15, 0.2) is 6.61 Å². The van der Waals surface area contributed by atoms with Gasteiger partial charge in [-0.25, -0.2) is 4.39 Å². The Morgan fingerprint density at radius 2 is 1.59 bits per heavy atom. The van der Waals surface area contributed by atoms with E-state index in [1.54, 1.807) is 28.0 Å². The molecule has 2 aromatic rings. The van der Waals surface area contributed by atoms with Gasteiger partial charge in [0, 0.05) is 32.6 Å². The number of halogens is 1. The molecule has 5 nitrogen and oxygen atoms in total. The van der Waals surface area contributed by atoms with E-state index in [0.29, 0.717) is 43.9 Å². The van der Waals surface area contributed by atoms with Gasteiger partial charge in [-0.1, -0.05) is 24.3 Å². The van der Waals surface area contributed by atoms with Crippen LogP contribution in [-0.4, -0.2) is 54.4 Å². The van der Waals surface area contributed by atoms with Crippen LogP contribution in [0.4, 0.5) is 4.39 Å². The molecule has 0 bridgehead atoms. The molecule has 2 amide bonds. The third-order valence-electron chi connectivity index (χ3n) is 5.39. The van der Waals surface area contributed by atoms with E-state index in [1.165, 1.54) is 11.6 Å². The number of amides is 2. The molecule has 1 fully saturated rings. The van der Waals surface area contributed by atoms with Crippen molar-refractivity contribution in [2.75, 3.05) is 32.8 Å². The van der Waals surface area contributed by atoms with Crippen LogP contribution >= 0.6 is 0 Å². The summed E-state index contributed by atoms with van der Waals surface area (Å²) in [5.74, 6) is 0.316. The maximum atomic E-state index is 13.7. The molecule has 0 aliphatic carbocycles. The Morgan fingerprint density at radius 1 is 0.931 bits per heavy atom. The maximum Gasteiger partial charge on any atom is 0.260 e. The molecule has 1 saturated heterocycles. The number of hydrogen-bond acceptors (Lipinski definition) is 3. The summed E-state index contributed by atoms with van der Waals surface area (Å²) in [6.07, 6.45) is 0.652. The maximum absolute atomic E-state index is 13.7. The molecule has 6 heteroatoms. The number of benzene rings is 2. The first-order valence-corrected chi connectivity index (χ1v) is 9.93. The van der Waals surface area contributed by atoms with Crippen LogP contribution in [0.5, 0.6) is 5.75 Å². The summed E-state index contributed by atoms with van der Waals surface area (Å²) in [5, 5.41) is 0. The monoisotopic (exact) mass is 398 g/mol. The van der Waals surface area contributed by atoms with Crippen molar-refractivity contribution in [1.82, 2.24) is 9.80 Å². The zero-order valence-corrected chi connectivity index (χ0v) is 17.0. The first kappa shape index (κ1) is 20.8. The van der Waals surface area contributed by atoms with Crippen LogP contribution in [0.25, 0.3) is 0 Å². The van der Waals surface area contributed by atoms with Gasteiger partial charge in [-0.2, -0.15) is 0 Å². The normalized spacial score (nSPS) is 14.0. The van der Waals surface area contributed by atoms with Crippen LogP contribution in [0.3, 0.4) is 0 Å². The highest BCUT2D eigenvalue weighted by Gasteiger charge is 2.24. The summed E-state index contributed by atoms with van der Waals surface area (Å²) in [6, 6.07) is 12.3. The third kappa shape index (κ3) is 5.56. The van der Waals surface area contributed by atoms with Crippen molar-refractivity contribution in [3.05, 3.63) is 65.0 Å². The Bertz CT molecular complexity index is 876. The second-order valence-electron chi connectivity index (χ2n) is 7.39. The standard InChI is InChI=1S/C23H27FN2O3/c1-17-7-9-20(15-18(17)2)29-16-23(28)26-13-11-25(12-14-26)22(27)10-8-19-5-3-4-6-21(19)24/h3-7,9,15H,8,10-14,16H2,1-2H3. The summed E-state index contributed by atoms with van der Waals surface area (Å²) in [7, 11) is 0. The fourth-order valence-corrected chi connectivity index (χ4v) is 3.35. The van der Waals surface area contributed by atoms with Gasteiger partial charge in [-0.05, 0) is 55.2 Å². The van der Waals surface area contributed by atoms with Gasteiger partial charge in [0.2, 0.25) is 5.91 Å². The van der Waals surface area contributed by atoms with E-state index in [4.69, 9.17) is 4.74 Å². The van der Waals surface area contributed by atoms with E-state index in [2.05, 4.69) is 0 Å². The van der Waals surface area contributed by atoms with Crippen LogP contribution in [0.15, 0.2) is 42.5 Å². The lowest BCUT2D eigenvalue weighted by Crippen LogP contribution is -2.51. The SMILES string of the molecule is Cc1ccc(OCC(=O)N2CCN(C(=O)CCc3ccccc3F)CC2)cc1C. The van der Waals surface area contributed by atoms with Crippen molar-refractivity contribution >= 4 is 11.8 Å². The average Bonchev–Trinajstić information content (AvgIpc) is 2.73. The summed E-state index contributed by atoms with van der Waals surface area (Å²) >= 11 is 0. The Kier molecular flexibility index (Phi) is 6.86. The molecule has 1 aliphatic heterocycles. The predicted molar refractivity (Wildman–Crippen MR) is 109 cm³/mol. The molecule has 0 radical (unpaired) electrons. The first-order valence-electron chi connectivity index (χ1n) is 9.93. The minimum absolute atomic E-state index is 0.00765. The molecule has 2 aromatic carbocycles. The molecular weight excluding hydrogens is 371 g/mol. The lowest BCUT2D eigenvalue weighted by Gasteiger charge is -2.34. The smallest absolute Gasteiger partial charge is 0.260 e. The number of carbonyl (C=O) groups excluding carboxylic acids is 2. The summed E-state index contributed by atoms with van der Waals surface area (Å²) in [6.45, 7) is 5.98. The van der Waals surface area contributed by atoms with Crippen molar-refractivity contribution in [1.29, 1.82) is 0 Å². The van der Waals surface area contributed by atoms with Crippen LogP contribution in [-0.2, 0) is 16.0 Å². The van der Waals surface area contributed by atoms with Crippen molar-refractivity contribution in [2.45, 2.75) is 26.7 Å². The van der Waals surface area contributed by atoms with E-state index in [1.807, 2.05) is 32.0 Å². The molecule has 1 heterocycles. The number of carbonyl (C=O) groups is 2. The number of aryl methyl sites for hydroxylation is 3. The van der Waals surface area contributed by atoms with Crippen LogP contribution in [0.2, 0.25) is 0 Å². The molecule has 0 saturated carbocycles. The Labute approximate surface area is 171 Å². The molecule has 0 aromatic heterocycles. The van der Waals surface area contributed by atoms with Gasteiger partial charge in [0.05, 0.1) is 0 Å². The van der Waals surface area contributed by atoms with Crippen LogP contribution in [0, 0.1) is 19.7 Å². The highest BCUT2D eigenvalue weighted by atomic mass is 19.1. The van der Waals surface area contributed by atoms with Gasteiger partial charge >= 0.3 is 0 Å². The summed E-state index contributed by atoms with van der Waals surface area (Å²) < 4.78 is 19.3. The number of rotatable bonds is 6. The minimum atomic E-state index is -0.278. The fraction of sp³-hybridized carbons (Fsp3) is 0.391. The number of piperazine rings is 1. The fourth-order valence-electron chi connectivity index (χ4n) is 3.35. The van der Waals surface area contributed by atoms with Gasteiger partial charge in [0.1, 0.15) is 11.6 Å². The molecule has 29 heavy (non-hydrogen) atoms. The van der Waals surface area contributed by atoms with E-state index >= 15 is 0 Å². The lowest BCUT2D eigenvalue weighted by atomic mass is 10.1. The first-order chi connectivity index (χ1) is 13.9. The van der Waals surface area contributed by atoms with E-state index in [0.717, 1.165) is 5.56 Å². The second kappa shape index (κ2) is 9.54. The minimum Gasteiger partial charge on any atom is -0.484 e. The van der Waals surface area contributed by atoms with Crippen molar-refractivity contribution in [3.63, 3.8) is 0 Å². The molecule has 3 rings (SSSR count). The quantitative estimate of drug-likeness (QED) is 0.751. The largest absolute Gasteiger partial charge is 0.484 e. The Hall–Kier alpha value is -2.89. The van der Waals surface area contributed by atoms with Crippen LogP contribution in [0.1, 0.15) is 23.1 Å². The molecule has 0 unspecified atom stereocenters. The highest BCUT2D eigenvalue weighted by molar-refractivity contribution is 5.79. The Morgan fingerprint density at radius 3 is 2.24 bits per heavy atom. The molecular formula is C23H27FN2O3. The van der Waals surface area contributed by atoms with Gasteiger partial charge < -0.3 is 14.5 Å². The average molecular weight is 398 g/mol. The van der Waals surface area contributed by atoms with Gasteiger partial charge in [-0.3, -0.25) is 9.59 Å². The summed E-state index contributed by atoms with van der Waals surface area (Å²) in [4.78, 5) is 28.3. The summed E-state index contributed by atoms with van der Waals surface area (Å²) in [5.41, 5.74) is 2.86. The molecule has 0 N–H and O–H groups in total. The van der Waals surface area contributed by atoms with Crippen molar-refractivity contribution in [2.24, 2.45) is 0 Å². The zero-order valence-electron chi connectivity index (χ0n) is 17.0. The highest BCUT2D eigenvalue weighted by Crippen LogP contribution is 2.17. The molecule has 0 spiro atoms. The second-order valence-corrected chi connectivity index (χ2v) is 7.39. The molecule has 1 aliphatic rings. The number of hydrogen-bond donors (Lipinski definition) is 0.